The van der Waals surface area contributed by atoms with Gasteiger partial charge in [-0.1, -0.05) is 12.0 Å². The highest BCUT2D eigenvalue weighted by molar-refractivity contribution is 7.91. The third kappa shape index (κ3) is 7.19. The van der Waals surface area contributed by atoms with Gasteiger partial charge < -0.3 is 19.9 Å². The predicted octanol–water partition coefficient (Wildman–Crippen LogP) is 4.07. The Morgan fingerprint density at radius 2 is 1.82 bits per heavy atom. The fourth-order valence-corrected chi connectivity index (χ4v) is 6.57. The van der Waals surface area contributed by atoms with Gasteiger partial charge in [0.05, 0.1) is 47.0 Å². The van der Waals surface area contributed by atoms with E-state index in [0.717, 1.165) is 10.8 Å². The lowest BCUT2D eigenvalue weighted by Crippen LogP contribution is -2.32. The monoisotopic (exact) mass is 583 g/mol. The van der Waals surface area contributed by atoms with E-state index in [1.165, 1.54) is 25.3 Å². The highest BCUT2D eigenvalue weighted by Crippen LogP contribution is 2.32. The second kappa shape index (κ2) is 11.0. The number of sulfone groups is 2. The average molecular weight is 584 g/mol. The minimum Gasteiger partial charge on any atom is -0.495 e. The Hall–Kier alpha value is -3.37. The summed E-state index contributed by atoms with van der Waals surface area (Å²) < 4.78 is 93.9. The molecule has 1 fully saturated rings. The number of hydrogen-bond donors (Lipinski definition) is 2. The van der Waals surface area contributed by atoms with Crippen molar-refractivity contribution in [3.63, 3.8) is 0 Å². The van der Waals surface area contributed by atoms with Crippen molar-refractivity contribution in [3.8, 4) is 17.6 Å². The molecule has 0 atom stereocenters. The molecule has 2 N–H and O–H groups in total. The third-order valence-corrected chi connectivity index (χ3v) is 9.21. The molecule has 0 saturated carbocycles. The summed E-state index contributed by atoms with van der Waals surface area (Å²) in [6.07, 6.45) is -2.54. The molecule has 210 valence electrons. The Kier molecular flexibility index (Phi) is 8.09. The Bertz CT molecular complexity index is 1640. The number of methoxy groups -OCH3 is 1. The van der Waals surface area contributed by atoms with Gasteiger partial charge in [0.2, 0.25) is 0 Å². The van der Waals surface area contributed by atoms with Crippen molar-refractivity contribution >= 4 is 42.0 Å². The molecule has 4 rings (SSSR count). The van der Waals surface area contributed by atoms with E-state index in [4.69, 9.17) is 4.74 Å². The van der Waals surface area contributed by atoms with Gasteiger partial charge in [0, 0.05) is 29.4 Å². The highest BCUT2D eigenvalue weighted by atomic mass is 32.2. The van der Waals surface area contributed by atoms with Crippen LogP contribution in [0.15, 0.2) is 47.4 Å². The summed E-state index contributed by atoms with van der Waals surface area (Å²) in [5.74, 6) is 6.08. The van der Waals surface area contributed by atoms with Gasteiger partial charge in [-0.2, -0.15) is 13.2 Å². The van der Waals surface area contributed by atoms with Crippen LogP contribution in [-0.2, 0) is 26.2 Å². The van der Waals surface area contributed by atoms with Crippen LogP contribution in [0.4, 0.5) is 24.5 Å². The van der Waals surface area contributed by atoms with Crippen molar-refractivity contribution in [1.29, 1.82) is 0 Å². The summed E-state index contributed by atoms with van der Waals surface area (Å²) in [6, 6.07) is 10.8. The van der Waals surface area contributed by atoms with Gasteiger partial charge in [0.1, 0.15) is 22.1 Å². The number of nitrogens with zero attached hydrogens (tertiary/aromatic N) is 1. The van der Waals surface area contributed by atoms with E-state index < -0.39 is 32.4 Å². The zero-order valence-electron chi connectivity index (χ0n) is 21.3. The Morgan fingerprint density at radius 1 is 1.10 bits per heavy atom. The number of hydrogen-bond acceptors (Lipinski definition) is 7. The first-order chi connectivity index (χ1) is 18.3. The molecule has 1 saturated heterocycles. The Balaban J connectivity index is 1.60. The molecule has 0 unspecified atom stereocenters. The summed E-state index contributed by atoms with van der Waals surface area (Å²) in [7, 11) is -5.08. The van der Waals surface area contributed by atoms with Gasteiger partial charge in [-0.05, 0) is 49.1 Å². The van der Waals surface area contributed by atoms with Crippen LogP contribution in [0.5, 0.6) is 5.75 Å². The molecule has 8 nitrogen and oxygen atoms in total. The van der Waals surface area contributed by atoms with Gasteiger partial charge in [-0.15, -0.1) is 0 Å². The van der Waals surface area contributed by atoms with E-state index in [2.05, 4.69) is 22.5 Å². The molecular weight excluding hydrogens is 555 g/mol. The Morgan fingerprint density at radius 3 is 2.46 bits per heavy atom. The molecule has 1 aliphatic rings. The van der Waals surface area contributed by atoms with Crippen molar-refractivity contribution in [2.45, 2.75) is 36.5 Å². The highest BCUT2D eigenvalue weighted by Gasteiger charge is 2.30. The van der Waals surface area contributed by atoms with Crippen LogP contribution >= 0.6 is 0 Å². The predicted molar refractivity (Wildman–Crippen MR) is 145 cm³/mol. The average Bonchev–Trinajstić information content (AvgIpc) is 3.19. The van der Waals surface area contributed by atoms with Crippen molar-refractivity contribution in [2.24, 2.45) is 0 Å². The number of alkyl halides is 3. The summed E-state index contributed by atoms with van der Waals surface area (Å²) >= 11 is 0. The number of fused-ring (bicyclic) bond motifs is 1. The maximum absolute atomic E-state index is 13.5. The number of ether oxygens (including phenoxy) is 1. The molecule has 0 aliphatic carbocycles. The van der Waals surface area contributed by atoms with E-state index in [-0.39, 0.29) is 40.4 Å². The van der Waals surface area contributed by atoms with Gasteiger partial charge in [0.15, 0.2) is 9.84 Å². The topological polar surface area (TPSA) is 106 Å². The normalized spacial score (nSPS) is 15.9. The molecule has 0 spiro atoms. The zero-order chi connectivity index (χ0) is 28.4. The second-order valence-corrected chi connectivity index (χ2v) is 13.6. The smallest absolute Gasteiger partial charge is 0.406 e. The SMILES string of the molecule is COc1cc(S(C)(=O)=O)ccc1NCC#Cc1cc2c(NC3CCS(=O)(=O)CC3)cccc2n1CC(F)(F)F. The van der Waals surface area contributed by atoms with Gasteiger partial charge in [-0.3, -0.25) is 0 Å². The second-order valence-electron chi connectivity index (χ2n) is 9.33. The molecule has 2 heterocycles. The van der Waals surface area contributed by atoms with E-state index in [1.807, 2.05) is 0 Å². The molecule has 39 heavy (non-hydrogen) atoms. The maximum atomic E-state index is 13.5. The minimum atomic E-state index is -4.48. The van der Waals surface area contributed by atoms with Crippen LogP contribution < -0.4 is 15.4 Å². The van der Waals surface area contributed by atoms with Crippen molar-refractivity contribution in [3.05, 3.63) is 48.2 Å². The maximum Gasteiger partial charge on any atom is 0.406 e. The molecule has 1 aromatic heterocycles. The molecule has 3 aromatic rings. The van der Waals surface area contributed by atoms with Crippen molar-refractivity contribution in [2.75, 3.05) is 42.0 Å². The molecular formula is C26H28F3N3O5S2. The molecule has 1 aliphatic heterocycles. The lowest BCUT2D eigenvalue weighted by Gasteiger charge is -2.24. The van der Waals surface area contributed by atoms with Crippen LogP contribution in [0, 0.1) is 11.8 Å². The lowest BCUT2D eigenvalue weighted by molar-refractivity contribution is -0.140. The largest absolute Gasteiger partial charge is 0.495 e. The Labute approximate surface area is 225 Å². The number of rotatable bonds is 7. The number of benzene rings is 2. The van der Waals surface area contributed by atoms with Crippen LogP contribution in [-0.4, -0.2) is 65.0 Å². The van der Waals surface area contributed by atoms with E-state index >= 15 is 0 Å². The van der Waals surface area contributed by atoms with Crippen LogP contribution in [0.25, 0.3) is 10.9 Å². The lowest BCUT2D eigenvalue weighted by atomic mass is 10.1. The van der Waals surface area contributed by atoms with Crippen molar-refractivity contribution in [1.82, 2.24) is 4.57 Å². The van der Waals surface area contributed by atoms with E-state index in [1.54, 1.807) is 24.3 Å². The first-order valence-corrected chi connectivity index (χ1v) is 15.7. The number of anilines is 2. The van der Waals surface area contributed by atoms with Gasteiger partial charge >= 0.3 is 6.18 Å². The molecule has 0 radical (unpaired) electrons. The summed E-state index contributed by atoms with van der Waals surface area (Å²) in [5, 5.41) is 6.87. The quantitative estimate of drug-likeness (QED) is 0.404. The van der Waals surface area contributed by atoms with Crippen LogP contribution in [0.3, 0.4) is 0 Å². The molecule has 0 amide bonds. The first-order valence-electron chi connectivity index (χ1n) is 12.0. The van der Waals surface area contributed by atoms with E-state index in [0.29, 0.717) is 35.1 Å². The first kappa shape index (κ1) is 28.6. The van der Waals surface area contributed by atoms with E-state index in [9.17, 15) is 30.0 Å². The minimum absolute atomic E-state index is 0.0593. The molecule has 2 aromatic carbocycles. The third-order valence-electron chi connectivity index (χ3n) is 6.38. The summed E-state index contributed by atoms with van der Waals surface area (Å²) in [4.78, 5) is 0.0897. The van der Waals surface area contributed by atoms with Crippen molar-refractivity contribution < 1.29 is 34.7 Å². The van der Waals surface area contributed by atoms with Crippen LogP contribution in [0.2, 0.25) is 0 Å². The molecule has 13 heteroatoms. The van der Waals surface area contributed by atoms with Gasteiger partial charge in [-0.25, -0.2) is 16.8 Å². The van der Waals surface area contributed by atoms with Crippen LogP contribution in [0.1, 0.15) is 18.5 Å². The fraction of sp³-hybridized carbons (Fsp3) is 0.385. The standard InChI is InChI=1S/C26H28F3N3O5S2/c1-37-25-16-20(38(2,33)34)8-9-23(25)30-12-4-5-19-15-21-22(31-18-10-13-39(35,36)14-11-18)6-3-7-24(21)32(19)17-26(27,28)29/h3,6-9,15-16,18,30-31H,10-14,17H2,1-2H3. The summed E-state index contributed by atoms with van der Waals surface area (Å²) in [5.41, 5.74) is 1.63. The zero-order valence-corrected chi connectivity index (χ0v) is 22.9. The summed E-state index contributed by atoms with van der Waals surface area (Å²) in [6.45, 7) is -1.16. The number of nitrogens with one attached hydrogen (secondary N) is 2. The number of halogens is 3. The molecule has 0 bridgehead atoms. The number of aromatic nitrogens is 1. The fourth-order valence-electron chi connectivity index (χ4n) is 4.44. The van der Waals surface area contributed by atoms with Gasteiger partial charge in [0.25, 0.3) is 0 Å².